The van der Waals surface area contributed by atoms with E-state index in [9.17, 15) is 0 Å². The first-order valence-electron chi connectivity index (χ1n) is 6.81. The molecular weight excluding hydrogens is 270 g/mol. The molecule has 2 aromatic rings. The molecule has 2 aromatic heterocycles. The number of aromatic nitrogens is 1. The first-order valence-corrected chi connectivity index (χ1v) is 7.69. The Bertz CT molecular complexity index is 540. The summed E-state index contributed by atoms with van der Waals surface area (Å²) in [5.41, 5.74) is 6.41. The second-order valence-electron chi connectivity index (χ2n) is 4.91. The number of ether oxygens (including phenoxy) is 1. The second kappa shape index (κ2) is 6.61. The van der Waals surface area contributed by atoms with Crippen molar-refractivity contribution in [3.05, 3.63) is 34.5 Å². The van der Waals surface area contributed by atoms with E-state index in [4.69, 9.17) is 10.5 Å². The monoisotopic (exact) mass is 291 g/mol. The van der Waals surface area contributed by atoms with Crippen LogP contribution in [-0.4, -0.2) is 11.6 Å². The maximum Gasteiger partial charge on any atom is 0.239 e. The predicted molar refractivity (Wildman–Crippen MR) is 85.3 cm³/mol. The molecule has 0 radical (unpaired) electrons. The number of pyridine rings is 1. The van der Waals surface area contributed by atoms with Crippen molar-refractivity contribution in [2.24, 2.45) is 5.92 Å². The number of nitrogen functional groups attached to an aromatic ring is 1. The number of hydrogen-bond acceptors (Lipinski definition) is 5. The number of thiophene rings is 1. The smallest absolute Gasteiger partial charge is 0.239 e. The molecule has 20 heavy (non-hydrogen) atoms. The van der Waals surface area contributed by atoms with Gasteiger partial charge in [-0.05, 0) is 36.4 Å². The highest BCUT2D eigenvalue weighted by Crippen LogP contribution is 2.30. The molecule has 5 heteroatoms. The Morgan fingerprint density at radius 3 is 2.75 bits per heavy atom. The quantitative estimate of drug-likeness (QED) is 0.846. The molecule has 2 heterocycles. The van der Waals surface area contributed by atoms with E-state index in [1.54, 1.807) is 11.3 Å². The number of anilines is 2. The van der Waals surface area contributed by atoms with Gasteiger partial charge in [0, 0.05) is 4.88 Å². The lowest BCUT2D eigenvalue weighted by molar-refractivity contribution is 0.329. The van der Waals surface area contributed by atoms with Gasteiger partial charge in [-0.3, -0.25) is 0 Å². The molecule has 3 N–H and O–H groups in total. The van der Waals surface area contributed by atoms with E-state index in [1.807, 2.05) is 19.1 Å². The Balaban J connectivity index is 2.21. The first kappa shape index (κ1) is 14.7. The van der Waals surface area contributed by atoms with Crippen LogP contribution in [0, 0.1) is 5.92 Å². The van der Waals surface area contributed by atoms with E-state index in [-0.39, 0.29) is 6.04 Å². The van der Waals surface area contributed by atoms with Crippen molar-refractivity contribution in [1.82, 2.24) is 4.98 Å². The molecule has 0 bridgehead atoms. The van der Waals surface area contributed by atoms with Crippen molar-refractivity contribution >= 4 is 22.8 Å². The molecule has 0 amide bonds. The summed E-state index contributed by atoms with van der Waals surface area (Å²) in [7, 11) is 0. The molecule has 0 aliphatic carbocycles. The van der Waals surface area contributed by atoms with Crippen LogP contribution < -0.4 is 15.8 Å². The summed E-state index contributed by atoms with van der Waals surface area (Å²) >= 11 is 1.75. The Labute approximate surface area is 124 Å². The van der Waals surface area contributed by atoms with Crippen LogP contribution in [0.5, 0.6) is 5.88 Å². The van der Waals surface area contributed by atoms with Gasteiger partial charge < -0.3 is 15.8 Å². The van der Waals surface area contributed by atoms with Gasteiger partial charge in [0.2, 0.25) is 5.88 Å². The molecule has 0 saturated heterocycles. The minimum absolute atomic E-state index is 0.237. The SMILES string of the molecule is CCOc1nc(NC(c2cccs2)C(C)C)ccc1N. The van der Waals surface area contributed by atoms with E-state index in [2.05, 4.69) is 41.7 Å². The van der Waals surface area contributed by atoms with Crippen LogP contribution in [0.15, 0.2) is 29.6 Å². The van der Waals surface area contributed by atoms with Crippen molar-refractivity contribution in [2.45, 2.75) is 26.8 Å². The fourth-order valence-corrected chi connectivity index (χ4v) is 2.93. The molecule has 0 aromatic carbocycles. The van der Waals surface area contributed by atoms with E-state index in [1.165, 1.54) is 4.88 Å². The average Bonchev–Trinajstić information content (AvgIpc) is 2.93. The molecule has 4 nitrogen and oxygen atoms in total. The van der Waals surface area contributed by atoms with Crippen LogP contribution in [0.4, 0.5) is 11.5 Å². The van der Waals surface area contributed by atoms with Gasteiger partial charge >= 0.3 is 0 Å². The third-order valence-corrected chi connectivity index (χ3v) is 3.95. The van der Waals surface area contributed by atoms with Gasteiger partial charge in [-0.2, -0.15) is 4.98 Å². The first-order chi connectivity index (χ1) is 9.61. The molecule has 0 spiro atoms. The third-order valence-electron chi connectivity index (χ3n) is 2.99. The van der Waals surface area contributed by atoms with E-state index < -0.39 is 0 Å². The molecule has 0 fully saturated rings. The minimum Gasteiger partial charge on any atom is -0.476 e. The van der Waals surface area contributed by atoms with Crippen molar-refractivity contribution in [3.8, 4) is 5.88 Å². The highest BCUT2D eigenvalue weighted by molar-refractivity contribution is 7.10. The summed E-state index contributed by atoms with van der Waals surface area (Å²) in [6.45, 7) is 6.86. The zero-order valence-corrected chi connectivity index (χ0v) is 12.9. The minimum atomic E-state index is 0.237. The van der Waals surface area contributed by atoms with Crippen LogP contribution in [0.2, 0.25) is 0 Å². The summed E-state index contributed by atoms with van der Waals surface area (Å²) in [6.07, 6.45) is 0. The van der Waals surface area contributed by atoms with E-state index in [0.717, 1.165) is 5.82 Å². The molecule has 0 aliphatic heterocycles. The zero-order valence-electron chi connectivity index (χ0n) is 12.1. The maximum atomic E-state index is 5.85. The van der Waals surface area contributed by atoms with Gasteiger partial charge in [0.15, 0.2) is 0 Å². The van der Waals surface area contributed by atoms with Crippen LogP contribution in [-0.2, 0) is 0 Å². The fourth-order valence-electron chi connectivity index (χ4n) is 1.98. The largest absolute Gasteiger partial charge is 0.476 e. The van der Waals surface area contributed by atoms with Crippen LogP contribution in [0.25, 0.3) is 0 Å². The van der Waals surface area contributed by atoms with Crippen molar-refractivity contribution in [1.29, 1.82) is 0 Å². The summed E-state index contributed by atoms with van der Waals surface area (Å²) < 4.78 is 5.44. The lowest BCUT2D eigenvalue weighted by atomic mass is 10.0. The second-order valence-corrected chi connectivity index (χ2v) is 5.88. The number of nitrogens with two attached hydrogens (primary N) is 1. The van der Waals surface area contributed by atoms with Gasteiger partial charge in [0.1, 0.15) is 5.82 Å². The standard InChI is InChI=1S/C15H21N3OS/c1-4-19-15-11(16)7-8-13(18-15)17-14(10(2)3)12-6-5-9-20-12/h5-10,14H,4,16H2,1-3H3,(H,17,18). The lowest BCUT2D eigenvalue weighted by Crippen LogP contribution is -2.16. The average molecular weight is 291 g/mol. The summed E-state index contributed by atoms with van der Waals surface area (Å²) in [5.74, 6) is 1.74. The highest BCUT2D eigenvalue weighted by atomic mass is 32.1. The summed E-state index contributed by atoms with van der Waals surface area (Å²) in [4.78, 5) is 5.74. The molecule has 108 valence electrons. The van der Waals surface area contributed by atoms with Crippen LogP contribution in [0.3, 0.4) is 0 Å². The normalized spacial score (nSPS) is 12.4. The number of nitrogens with one attached hydrogen (secondary N) is 1. The third kappa shape index (κ3) is 3.42. The van der Waals surface area contributed by atoms with E-state index >= 15 is 0 Å². The number of rotatable bonds is 6. The van der Waals surface area contributed by atoms with Crippen molar-refractivity contribution < 1.29 is 4.74 Å². The molecular formula is C15H21N3OS. The highest BCUT2D eigenvalue weighted by Gasteiger charge is 2.17. The lowest BCUT2D eigenvalue weighted by Gasteiger charge is -2.22. The Morgan fingerprint density at radius 1 is 1.35 bits per heavy atom. The maximum absolute atomic E-state index is 5.85. The zero-order chi connectivity index (χ0) is 14.5. The van der Waals surface area contributed by atoms with Gasteiger partial charge in [-0.15, -0.1) is 11.3 Å². The van der Waals surface area contributed by atoms with Crippen molar-refractivity contribution in [2.75, 3.05) is 17.7 Å². The number of hydrogen-bond donors (Lipinski definition) is 2. The van der Waals surface area contributed by atoms with Crippen molar-refractivity contribution in [3.63, 3.8) is 0 Å². The molecule has 0 saturated carbocycles. The van der Waals surface area contributed by atoms with Crippen LogP contribution in [0.1, 0.15) is 31.7 Å². The molecule has 2 rings (SSSR count). The Hall–Kier alpha value is -1.75. The number of nitrogens with zero attached hydrogens (tertiary/aromatic N) is 1. The van der Waals surface area contributed by atoms with Gasteiger partial charge in [0.05, 0.1) is 18.3 Å². The summed E-state index contributed by atoms with van der Waals surface area (Å²) in [6, 6.07) is 8.16. The van der Waals surface area contributed by atoms with E-state index in [0.29, 0.717) is 24.1 Å². The summed E-state index contributed by atoms with van der Waals surface area (Å²) in [5, 5.41) is 5.56. The van der Waals surface area contributed by atoms with Gasteiger partial charge in [0.25, 0.3) is 0 Å². The molecule has 1 atom stereocenters. The Kier molecular flexibility index (Phi) is 4.84. The topological polar surface area (TPSA) is 60.2 Å². The Morgan fingerprint density at radius 2 is 2.15 bits per heavy atom. The molecule has 0 aliphatic rings. The fraction of sp³-hybridized carbons (Fsp3) is 0.400. The predicted octanol–water partition coefficient (Wildman–Crippen LogP) is 3.93. The van der Waals surface area contributed by atoms with Gasteiger partial charge in [-0.1, -0.05) is 19.9 Å². The van der Waals surface area contributed by atoms with Crippen LogP contribution >= 0.6 is 11.3 Å². The van der Waals surface area contributed by atoms with Gasteiger partial charge in [-0.25, -0.2) is 0 Å². The molecule has 1 unspecified atom stereocenters.